The van der Waals surface area contributed by atoms with Gasteiger partial charge in [-0.15, -0.1) is 0 Å². The number of hydrogen-bond donors (Lipinski definition) is 2. The van der Waals surface area contributed by atoms with Gasteiger partial charge in [-0.3, -0.25) is 0 Å². The third kappa shape index (κ3) is 3.65. The number of para-hydroxylation sites is 1. The van der Waals surface area contributed by atoms with Crippen molar-refractivity contribution in [2.24, 2.45) is 0 Å². The highest BCUT2D eigenvalue weighted by molar-refractivity contribution is 5.67. The van der Waals surface area contributed by atoms with Gasteiger partial charge in [-0.1, -0.05) is 18.2 Å². The van der Waals surface area contributed by atoms with E-state index >= 15 is 0 Å². The van der Waals surface area contributed by atoms with Crippen molar-refractivity contribution in [2.45, 2.75) is 51.7 Å². The highest BCUT2D eigenvalue weighted by Crippen LogP contribution is 2.37. The Kier molecular flexibility index (Phi) is 4.21. The topological polar surface area (TPSA) is 50.4 Å². The lowest BCUT2D eigenvalue weighted by molar-refractivity contribution is 0.0526. The zero-order chi connectivity index (χ0) is 14.8. The second kappa shape index (κ2) is 5.73. The molecule has 0 saturated heterocycles. The number of carbonyl (C=O) groups is 1. The molecule has 20 heavy (non-hydrogen) atoms. The predicted octanol–water partition coefficient (Wildman–Crippen LogP) is 3.50. The van der Waals surface area contributed by atoms with Gasteiger partial charge in [0.05, 0.1) is 0 Å². The standard InChI is InChI=1S/C16H24N2O2/c1-11-12(13-7-5-6-8-14(13)18-11)9-10-17-15(19)20-16(2,3)4/h5-8,11-12,18H,9-10H2,1-4H3,(H,17,19)/t11-,12-/m0/s1. The van der Waals surface area contributed by atoms with Gasteiger partial charge in [0.15, 0.2) is 0 Å². The number of rotatable bonds is 3. The molecule has 1 aromatic rings. The van der Waals surface area contributed by atoms with Crippen molar-refractivity contribution in [3.63, 3.8) is 0 Å². The van der Waals surface area contributed by atoms with Crippen LogP contribution in [0.4, 0.5) is 10.5 Å². The molecule has 2 rings (SSSR count). The van der Waals surface area contributed by atoms with Crippen LogP contribution in [0.1, 0.15) is 45.6 Å². The van der Waals surface area contributed by atoms with Crippen LogP contribution in [-0.4, -0.2) is 24.3 Å². The van der Waals surface area contributed by atoms with Crippen molar-refractivity contribution >= 4 is 11.8 Å². The maximum absolute atomic E-state index is 11.6. The first kappa shape index (κ1) is 14.7. The molecule has 1 aromatic carbocycles. The number of benzene rings is 1. The van der Waals surface area contributed by atoms with Crippen LogP contribution in [0.25, 0.3) is 0 Å². The van der Waals surface area contributed by atoms with Crippen molar-refractivity contribution in [1.29, 1.82) is 0 Å². The van der Waals surface area contributed by atoms with E-state index in [9.17, 15) is 4.79 Å². The van der Waals surface area contributed by atoms with Gasteiger partial charge in [-0.2, -0.15) is 0 Å². The third-order valence-electron chi connectivity index (χ3n) is 3.47. The van der Waals surface area contributed by atoms with Crippen LogP contribution in [0.3, 0.4) is 0 Å². The normalized spacial score (nSPS) is 21.0. The Morgan fingerprint density at radius 1 is 1.35 bits per heavy atom. The molecule has 1 aliphatic rings. The van der Waals surface area contributed by atoms with Gasteiger partial charge in [0.1, 0.15) is 5.60 Å². The summed E-state index contributed by atoms with van der Waals surface area (Å²) in [7, 11) is 0. The van der Waals surface area contributed by atoms with Crippen LogP contribution in [0.5, 0.6) is 0 Å². The number of anilines is 1. The molecule has 2 N–H and O–H groups in total. The molecule has 0 aliphatic carbocycles. The predicted molar refractivity (Wildman–Crippen MR) is 81.1 cm³/mol. The maximum Gasteiger partial charge on any atom is 0.407 e. The van der Waals surface area contributed by atoms with E-state index in [1.165, 1.54) is 11.3 Å². The molecule has 0 radical (unpaired) electrons. The molecule has 1 aliphatic heterocycles. The van der Waals surface area contributed by atoms with Crippen molar-refractivity contribution in [3.05, 3.63) is 29.8 Å². The number of fused-ring (bicyclic) bond motifs is 1. The molecule has 0 fully saturated rings. The van der Waals surface area contributed by atoms with E-state index in [1.54, 1.807) is 0 Å². The van der Waals surface area contributed by atoms with Gasteiger partial charge in [-0.25, -0.2) is 4.79 Å². The molecule has 1 heterocycles. The van der Waals surface area contributed by atoms with Crippen molar-refractivity contribution in [3.8, 4) is 0 Å². The van der Waals surface area contributed by atoms with Gasteiger partial charge in [0.25, 0.3) is 0 Å². The minimum absolute atomic E-state index is 0.343. The summed E-state index contributed by atoms with van der Waals surface area (Å²) in [5.74, 6) is 0.432. The Hall–Kier alpha value is -1.71. The molecule has 0 unspecified atom stereocenters. The molecule has 2 atom stereocenters. The van der Waals surface area contributed by atoms with Crippen LogP contribution in [0, 0.1) is 0 Å². The molecule has 0 aromatic heterocycles. The summed E-state index contributed by atoms with van der Waals surface area (Å²) in [5.41, 5.74) is 2.10. The largest absolute Gasteiger partial charge is 0.444 e. The fourth-order valence-electron chi connectivity index (χ4n) is 2.62. The number of alkyl carbamates (subject to hydrolysis) is 1. The van der Waals surface area contributed by atoms with E-state index in [0.717, 1.165) is 6.42 Å². The summed E-state index contributed by atoms with van der Waals surface area (Å²) in [6.45, 7) is 8.40. The lowest BCUT2D eigenvalue weighted by Gasteiger charge is -2.21. The van der Waals surface area contributed by atoms with E-state index in [0.29, 0.717) is 18.5 Å². The average Bonchev–Trinajstić information content (AvgIpc) is 2.64. The van der Waals surface area contributed by atoms with Gasteiger partial charge in [-0.05, 0) is 45.7 Å². The first-order chi connectivity index (χ1) is 9.37. The number of nitrogens with one attached hydrogen (secondary N) is 2. The Morgan fingerprint density at radius 2 is 2.05 bits per heavy atom. The number of hydrogen-bond acceptors (Lipinski definition) is 3. The quantitative estimate of drug-likeness (QED) is 0.888. The zero-order valence-electron chi connectivity index (χ0n) is 12.7. The van der Waals surface area contributed by atoms with Gasteiger partial charge in [0, 0.05) is 24.2 Å². The summed E-state index contributed by atoms with van der Waals surface area (Å²) in [6, 6.07) is 8.76. The van der Waals surface area contributed by atoms with Crippen molar-refractivity contribution < 1.29 is 9.53 Å². The highest BCUT2D eigenvalue weighted by Gasteiger charge is 2.28. The number of amides is 1. The molecule has 4 heteroatoms. The van der Waals surface area contributed by atoms with Crippen LogP contribution in [0.15, 0.2) is 24.3 Å². The van der Waals surface area contributed by atoms with Gasteiger partial charge >= 0.3 is 6.09 Å². The monoisotopic (exact) mass is 276 g/mol. The third-order valence-corrected chi connectivity index (χ3v) is 3.47. The SMILES string of the molecule is C[C@@H]1Nc2ccccc2[C@H]1CCNC(=O)OC(C)(C)C. The fourth-order valence-corrected chi connectivity index (χ4v) is 2.62. The number of ether oxygens (including phenoxy) is 1. The van der Waals surface area contributed by atoms with Gasteiger partial charge < -0.3 is 15.4 Å². The van der Waals surface area contributed by atoms with E-state index in [4.69, 9.17) is 4.74 Å². The molecular weight excluding hydrogens is 252 g/mol. The summed E-state index contributed by atoms with van der Waals surface area (Å²) >= 11 is 0. The van der Waals surface area contributed by atoms with Crippen molar-refractivity contribution in [1.82, 2.24) is 5.32 Å². The summed E-state index contributed by atoms with van der Waals surface area (Å²) in [6.07, 6.45) is 0.564. The van der Waals surface area contributed by atoms with Crippen molar-refractivity contribution in [2.75, 3.05) is 11.9 Å². The Labute approximate surface area is 120 Å². The first-order valence-electron chi connectivity index (χ1n) is 7.19. The molecule has 110 valence electrons. The Balaban J connectivity index is 1.84. The summed E-state index contributed by atoms with van der Waals surface area (Å²) in [4.78, 5) is 11.6. The van der Waals surface area contributed by atoms with E-state index in [1.807, 2.05) is 26.8 Å². The Morgan fingerprint density at radius 3 is 2.75 bits per heavy atom. The lowest BCUT2D eigenvalue weighted by atomic mass is 9.93. The second-order valence-corrected chi connectivity index (χ2v) is 6.34. The fraction of sp³-hybridized carbons (Fsp3) is 0.562. The van der Waals surface area contributed by atoms with E-state index in [-0.39, 0.29) is 6.09 Å². The zero-order valence-corrected chi connectivity index (χ0v) is 12.7. The maximum atomic E-state index is 11.6. The van der Waals surface area contributed by atoms with E-state index < -0.39 is 5.60 Å². The molecule has 4 nitrogen and oxygen atoms in total. The average molecular weight is 276 g/mol. The second-order valence-electron chi connectivity index (χ2n) is 6.34. The highest BCUT2D eigenvalue weighted by atomic mass is 16.6. The minimum Gasteiger partial charge on any atom is -0.444 e. The van der Waals surface area contributed by atoms with Gasteiger partial charge in [0.2, 0.25) is 0 Å². The molecule has 0 spiro atoms. The molecule has 1 amide bonds. The first-order valence-corrected chi connectivity index (χ1v) is 7.19. The van der Waals surface area contributed by atoms with Crippen LogP contribution >= 0.6 is 0 Å². The minimum atomic E-state index is -0.446. The Bertz CT molecular complexity index is 480. The lowest BCUT2D eigenvalue weighted by Crippen LogP contribution is -2.34. The summed E-state index contributed by atoms with van der Waals surface area (Å²) in [5, 5.41) is 6.31. The smallest absolute Gasteiger partial charge is 0.407 e. The van der Waals surface area contributed by atoms with E-state index in [2.05, 4.69) is 35.8 Å². The number of carbonyl (C=O) groups excluding carboxylic acids is 1. The van der Waals surface area contributed by atoms with Crippen LogP contribution < -0.4 is 10.6 Å². The molecule has 0 saturated carbocycles. The van der Waals surface area contributed by atoms with Crippen LogP contribution in [0.2, 0.25) is 0 Å². The summed E-state index contributed by atoms with van der Waals surface area (Å²) < 4.78 is 5.23. The molecular formula is C16H24N2O2. The molecule has 0 bridgehead atoms. The van der Waals surface area contributed by atoms with Crippen LogP contribution in [-0.2, 0) is 4.74 Å².